The summed E-state index contributed by atoms with van der Waals surface area (Å²) in [5.74, 6) is 0.800. The predicted molar refractivity (Wildman–Crippen MR) is 123 cm³/mol. The largest absolute Gasteiger partial charge is 0.357 e. The molecule has 0 aliphatic heterocycles. The molecule has 1 heterocycles. The molecule has 1 aromatic heterocycles. The number of thiazole rings is 1. The minimum Gasteiger partial charge on any atom is -0.357 e. The van der Waals surface area contributed by atoms with Crippen LogP contribution in [0.1, 0.15) is 24.0 Å². The molecule has 0 fully saturated rings. The van der Waals surface area contributed by atoms with Gasteiger partial charge in [-0.25, -0.2) is 13.4 Å². The van der Waals surface area contributed by atoms with Gasteiger partial charge in [-0.3, -0.25) is 4.99 Å². The highest BCUT2D eigenvalue weighted by atomic mass is 127. The Labute approximate surface area is 182 Å². The monoisotopic (exact) mass is 522 g/mol. The van der Waals surface area contributed by atoms with Gasteiger partial charge in [-0.2, -0.15) is 0 Å². The summed E-state index contributed by atoms with van der Waals surface area (Å²) in [6, 6.07) is 8.55. The van der Waals surface area contributed by atoms with Crippen LogP contribution in [0.3, 0.4) is 0 Å². The molecule has 27 heavy (non-hydrogen) atoms. The van der Waals surface area contributed by atoms with Crippen molar-refractivity contribution >= 4 is 51.1 Å². The Hall–Kier alpha value is -1.20. The number of hydrogen-bond donors (Lipinski definition) is 2. The molecule has 2 N–H and O–H groups in total. The zero-order chi connectivity index (χ0) is 18.8. The standard InChI is InChI=1S/C18H26N4O2S2.HI/c1-3-19-18(21-12-10-16-14-25-15(2)22-16)20-11-7-13-26(23,24)17-8-5-4-6-9-17;/h4-6,8-9,14H,3,7,10-13H2,1-2H3,(H2,19,20,21);1H. The Kier molecular flexibility index (Phi) is 10.9. The highest BCUT2D eigenvalue weighted by Gasteiger charge is 2.12. The van der Waals surface area contributed by atoms with Crippen molar-refractivity contribution < 1.29 is 8.42 Å². The number of benzene rings is 1. The zero-order valence-corrected chi connectivity index (χ0v) is 19.6. The van der Waals surface area contributed by atoms with E-state index in [4.69, 9.17) is 0 Å². The van der Waals surface area contributed by atoms with Gasteiger partial charge in [0.2, 0.25) is 0 Å². The molecule has 2 aromatic rings. The highest BCUT2D eigenvalue weighted by Crippen LogP contribution is 2.11. The summed E-state index contributed by atoms with van der Waals surface area (Å²) in [5.41, 5.74) is 1.07. The van der Waals surface area contributed by atoms with Crippen LogP contribution in [0.5, 0.6) is 0 Å². The first-order valence-electron chi connectivity index (χ1n) is 8.72. The van der Waals surface area contributed by atoms with Crippen LogP contribution in [0.15, 0.2) is 45.6 Å². The van der Waals surface area contributed by atoms with Crippen LogP contribution in [0, 0.1) is 6.92 Å². The quantitative estimate of drug-likeness (QED) is 0.229. The number of halogens is 1. The molecule has 150 valence electrons. The molecule has 0 unspecified atom stereocenters. The SMILES string of the molecule is CCNC(=NCCCS(=O)(=O)c1ccccc1)NCCc1csc(C)n1.I. The van der Waals surface area contributed by atoms with E-state index in [0.717, 1.165) is 30.2 Å². The van der Waals surface area contributed by atoms with Crippen molar-refractivity contribution in [3.8, 4) is 0 Å². The average molecular weight is 522 g/mol. The maximum absolute atomic E-state index is 12.2. The molecule has 0 aliphatic carbocycles. The molecule has 1 aromatic carbocycles. The highest BCUT2D eigenvalue weighted by molar-refractivity contribution is 14.0. The van der Waals surface area contributed by atoms with Crippen LogP contribution in [0.2, 0.25) is 0 Å². The predicted octanol–water partition coefficient (Wildman–Crippen LogP) is 3.03. The van der Waals surface area contributed by atoms with Crippen molar-refractivity contribution in [1.82, 2.24) is 15.6 Å². The molecular weight excluding hydrogens is 495 g/mol. The maximum atomic E-state index is 12.2. The van der Waals surface area contributed by atoms with Gasteiger partial charge in [-0.15, -0.1) is 35.3 Å². The summed E-state index contributed by atoms with van der Waals surface area (Å²) in [4.78, 5) is 9.26. The molecule has 0 amide bonds. The van der Waals surface area contributed by atoms with E-state index >= 15 is 0 Å². The lowest BCUT2D eigenvalue weighted by Crippen LogP contribution is -2.38. The van der Waals surface area contributed by atoms with Gasteiger partial charge in [0.25, 0.3) is 0 Å². The zero-order valence-electron chi connectivity index (χ0n) is 15.6. The number of aliphatic imine (C=N–C) groups is 1. The second-order valence-electron chi connectivity index (χ2n) is 5.78. The Morgan fingerprint density at radius 1 is 1.22 bits per heavy atom. The van der Waals surface area contributed by atoms with E-state index in [1.807, 2.05) is 19.9 Å². The molecule has 0 saturated carbocycles. The summed E-state index contributed by atoms with van der Waals surface area (Å²) in [6.07, 6.45) is 1.32. The lowest BCUT2D eigenvalue weighted by Gasteiger charge is -2.10. The lowest BCUT2D eigenvalue weighted by atomic mass is 10.3. The number of aromatic nitrogens is 1. The van der Waals surface area contributed by atoms with E-state index < -0.39 is 9.84 Å². The van der Waals surface area contributed by atoms with Gasteiger partial charge in [0.05, 0.1) is 21.3 Å². The van der Waals surface area contributed by atoms with Crippen LogP contribution in [-0.4, -0.2) is 44.7 Å². The number of sulfone groups is 1. The van der Waals surface area contributed by atoms with E-state index in [1.165, 1.54) is 0 Å². The number of nitrogens with one attached hydrogen (secondary N) is 2. The molecule has 6 nitrogen and oxygen atoms in total. The van der Waals surface area contributed by atoms with Gasteiger partial charge in [-0.1, -0.05) is 18.2 Å². The first kappa shape index (κ1) is 23.8. The van der Waals surface area contributed by atoms with Gasteiger partial charge >= 0.3 is 0 Å². The minimum absolute atomic E-state index is 0. The molecule has 0 atom stereocenters. The molecule has 0 spiro atoms. The topological polar surface area (TPSA) is 83.5 Å². The van der Waals surface area contributed by atoms with Crippen LogP contribution in [0.4, 0.5) is 0 Å². The number of hydrogen-bond acceptors (Lipinski definition) is 5. The lowest BCUT2D eigenvalue weighted by molar-refractivity contribution is 0.593. The number of nitrogens with zero attached hydrogens (tertiary/aromatic N) is 2. The fourth-order valence-electron chi connectivity index (χ4n) is 2.36. The third-order valence-corrected chi connectivity index (χ3v) is 6.27. The van der Waals surface area contributed by atoms with Crippen LogP contribution >= 0.6 is 35.3 Å². The first-order valence-corrected chi connectivity index (χ1v) is 11.3. The molecule has 0 bridgehead atoms. The minimum atomic E-state index is -3.24. The summed E-state index contributed by atoms with van der Waals surface area (Å²) in [7, 11) is -3.24. The second kappa shape index (κ2) is 12.3. The van der Waals surface area contributed by atoms with Crippen molar-refractivity contribution in [2.75, 3.05) is 25.4 Å². The van der Waals surface area contributed by atoms with Gasteiger partial charge < -0.3 is 10.6 Å². The maximum Gasteiger partial charge on any atom is 0.191 e. The van der Waals surface area contributed by atoms with Crippen molar-refractivity contribution in [2.24, 2.45) is 4.99 Å². The third-order valence-electron chi connectivity index (χ3n) is 3.63. The van der Waals surface area contributed by atoms with E-state index in [9.17, 15) is 8.42 Å². The molecule has 2 rings (SSSR count). The van der Waals surface area contributed by atoms with E-state index in [2.05, 4.69) is 26.0 Å². The van der Waals surface area contributed by atoms with E-state index in [-0.39, 0.29) is 29.7 Å². The number of rotatable bonds is 9. The first-order chi connectivity index (χ1) is 12.5. The second-order valence-corrected chi connectivity index (χ2v) is 8.95. The van der Waals surface area contributed by atoms with Gasteiger partial charge in [0, 0.05) is 31.4 Å². The summed E-state index contributed by atoms with van der Waals surface area (Å²) in [5, 5.41) is 9.57. The smallest absolute Gasteiger partial charge is 0.191 e. The average Bonchev–Trinajstić information content (AvgIpc) is 3.04. The number of guanidine groups is 1. The Bertz CT molecular complexity index is 808. The fourth-order valence-corrected chi connectivity index (χ4v) is 4.33. The van der Waals surface area contributed by atoms with E-state index in [0.29, 0.717) is 23.8 Å². The van der Waals surface area contributed by atoms with Gasteiger partial charge in [-0.05, 0) is 32.4 Å². The molecule has 0 aliphatic rings. The van der Waals surface area contributed by atoms with Crippen LogP contribution in [-0.2, 0) is 16.3 Å². The van der Waals surface area contributed by atoms with Gasteiger partial charge in [0.15, 0.2) is 15.8 Å². The summed E-state index contributed by atoms with van der Waals surface area (Å²) < 4.78 is 24.5. The Morgan fingerprint density at radius 2 is 1.96 bits per heavy atom. The normalized spacial score (nSPS) is 11.7. The molecule has 9 heteroatoms. The van der Waals surface area contributed by atoms with Gasteiger partial charge in [0.1, 0.15) is 0 Å². The molecule has 0 radical (unpaired) electrons. The third kappa shape index (κ3) is 8.56. The molecular formula is C18H27IN4O2S2. The van der Waals surface area contributed by atoms with Crippen molar-refractivity contribution in [3.63, 3.8) is 0 Å². The van der Waals surface area contributed by atoms with Crippen molar-refractivity contribution in [1.29, 1.82) is 0 Å². The molecule has 0 saturated heterocycles. The summed E-state index contributed by atoms with van der Waals surface area (Å²) >= 11 is 1.65. The van der Waals surface area contributed by atoms with Crippen LogP contribution in [0.25, 0.3) is 0 Å². The summed E-state index contributed by atoms with van der Waals surface area (Å²) in [6.45, 7) is 5.94. The Morgan fingerprint density at radius 3 is 2.59 bits per heavy atom. The fraction of sp³-hybridized carbons (Fsp3) is 0.444. The number of aryl methyl sites for hydroxylation is 1. The van der Waals surface area contributed by atoms with Crippen molar-refractivity contribution in [2.45, 2.75) is 31.6 Å². The Balaban J connectivity index is 0.00000364. The van der Waals surface area contributed by atoms with Crippen LogP contribution < -0.4 is 10.6 Å². The van der Waals surface area contributed by atoms with E-state index in [1.54, 1.807) is 35.6 Å². The van der Waals surface area contributed by atoms with Crippen molar-refractivity contribution in [3.05, 3.63) is 46.4 Å².